The molecule has 21 heavy (non-hydrogen) atoms. The molecule has 0 aromatic carbocycles. The van der Waals surface area contributed by atoms with Crippen LogP contribution in [0, 0.1) is 5.92 Å². The van der Waals surface area contributed by atoms with E-state index < -0.39 is 18.0 Å². The maximum absolute atomic E-state index is 12.1. The molecule has 1 rings (SSSR count). The molecule has 7 heteroatoms. The van der Waals surface area contributed by atoms with Gasteiger partial charge in [-0.1, -0.05) is 13.3 Å². The summed E-state index contributed by atoms with van der Waals surface area (Å²) in [4.78, 5) is 35.9. The first-order valence-electron chi connectivity index (χ1n) is 7.33. The van der Waals surface area contributed by atoms with Crippen LogP contribution >= 0.6 is 0 Å². The van der Waals surface area contributed by atoms with Gasteiger partial charge in [0.15, 0.2) is 0 Å². The number of amides is 2. The van der Waals surface area contributed by atoms with E-state index in [0.29, 0.717) is 19.0 Å². The topological polar surface area (TPSA) is 95.9 Å². The Balaban J connectivity index is 2.45. The van der Waals surface area contributed by atoms with Crippen molar-refractivity contribution in [1.29, 1.82) is 0 Å². The number of carboxylic acid groups (broad SMARTS) is 1. The average molecular weight is 300 g/mol. The van der Waals surface area contributed by atoms with Gasteiger partial charge in [0.25, 0.3) is 0 Å². The molecule has 1 saturated heterocycles. The number of likely N-dealkylation sites (tertiary alicyclic amines) is 1. The number of carbonyl (C=O) groups excluding carboxylic acids is 2. The van der Waals surface area contributed by atoms with Crippen LogP contribution in [0.15, 0.2) is 0 Å². The Kier molecular flexibility index (Phi) is 6.98. The van der Waals surface area contributed by atoms with Crippen LogP contribution in [0.25, 0.3) is 0 Å². The molecule has 1 aliphatic heterocycles. The summed E-state index contributed by atoms with van der Waals surface area (Å²) in [7, 11) is 1.24. The number of nitrogens with zero attached hydrogens (tertiary/aromatic N) is 1. The molecule has 120 valence electrons. The molecule has 1 unspecified atom stereocenters. The number of aliphatic carboxylic acids is 1. The summed E-state index contributed by atoms with van der Waals surface area (Å²) in [6, 6.07) is -1.44. The van der Waals surface area contributed by atoms with Gasteiger partial charge in [0.1, 0.15) is 6.04 Å². The number of nitrogens with one attached hydrogen (secondary N) is 1. The van der Waals surface area contributed by atoms with Crippen LogP contribution in [-0.4, -0.2) is 54.2 Å². The van der Waals surface area contributed by atoms with Crippen LogP contribution in [-0.2, 0) is 14.3 Å². The summed E-state index contributed by atoms with van der Waals surface area (Å²) < 4.78 is 4.47. The molecule has 2 amide bonds. The largest absolute Gasteiger partial charge is 0.480 e. The predicted molar refractivity (Wildman–Crippen MR) is 75.8 cm³/mol. The molecule has 1 fully saturated rings. The Hall–Kier alpha value is -1.79. The zero-order valence-corrected chi connectivity index (χ0v) is 12.6. The molecule has 0 aliphatic carbocycles. The van der Waals surface area contributed by atoms with Crippen molar-refractivity contribution < 1.29 is 24.2 Å². The molecular formula is C14H24N2O5. The lowest BCUT2D eigenvalue weighted by Gasteiger charge is -2.21. The van der Waals surface area contributed by atoms with Crippen LogP contribution in [0.4, 0.5) is 4.79 Å². The third-order valence-corrected chi connectivity index (χ3v) is 3.73. The molecule has 0 spiro atoms. The smallest absolute Gasteiger partial charge is 0.326 e. The number of carbonyl (C=O) groups is 3. The minimum atomic E-state index is -1.14. The van der Waals surface area contributed by atoms with Crippen LogP contribution < -0.4 is 5.32 Å². The fourth-order valence-corrected chi connectivity index (χ4v) is 2.52. The minimum Gasteiger partial charge on any atom is -0.480 e. The normalized spacial score (nSPS) is 19.1. The Bertz CT molecular complexity index is 386. The molecule has 2 atom stereocenters. The van der Waals surface area contributed by atoms with Crippen molar-refractivity contribution in [2.24, 2.45) is 5.92 Å². The molecule has 0 radical (unpaired) electrons. The maximum Gasteiger partial charge on any atom is 0.326 e. The summed E-state index contributed by atoms with van der Waals surface area (Å²) in [6.45, 7) is 3.43. The number of carboxylic acids is 1. The highest BCUT2D eigenvalue weighted by molar-refractivity contribution is 5.83. The lowest BCUT2D eigenvalue weighted by molar-refractivity contribution is -0.142. The first-order chi connectivity index (χ1) is 9.97. The van der Waals surface area contributed by atoms with Gasteiger partial charge in [-0.05, 0) is 25.2 Å². The van der Waals surface area contributed by atoms with Gasteiger partial charge in [0.05, 0.1) is 7.11 Å². The van der Waals surface area contributed by atoms with Gasteiger partial charge in [-0.3, -0.25) is 4.79 Å². The van der Waals surface area contributed by atoms with Crippen LogP contribution in [0.2, 0.25) is 0 Å². The zero-order chi connectivity index (χ0) is 15.8. The fourth-order valence-electron chi connectivity index (χ4n) is 2.52. The van der Waals surface area contributed by atoms with Gasteiger partial charge in [-0.25, -0.2) is 9.59 Å². The van der Waals surface area contributed by atoms with Crippen molar-refractivity contribution in [1.82, 2.24) is 10.2 Å². The number of methoxy groups -OCH3 is 1. The lowest BCUT2D eigenvalue weighted by atomic mass is 10.0. The summed E-state index contributed by atoms with van der Waals surface area (Å²) in [5.41, 5.74) is 0. The molecule has 1 aliphatic rings. The van der Waals surface area contributed by atoms with E-state index in [0.717, 1.165) is 19.3 Å². The molecule has 2 N–H and O–H groups in total. The highest BCUT2D eigenvalue weighted by atomic mass is 16.5. The number of hydrogen-bond donors (Lipinski definition) is 2. The van der Waals surface area contributed by atoms with E-state index in [1.165, 1.54) is 7.11 Å². The highest BCUT2D eigenvalue weighted by Gasteiger charge is 2.29. The minimum absolute atomic E-state index is 0.0278. The van der Waals surface area contributed by atoms with Gasteiger partial charge in [-0.15, -0.1) is 0 Å². The van der Waals surface area contributed by atoms with E-state index in [2.05, 4.69) is 17.0 Å². The van der Waals surface area contributed by atoms with Crippen LogP contribution in [0.5, 0.6) is 0 Å². The Morgan fingerprint density at radius 1 is 1.43 bits per heavy atom. The van der Waals surface area contributed by atoms with E-state index in [1.807, 2.05) is 0 Å². The quantitative estimate of drug-likeness (QED) is 0.689. The van der Waals surface area contributed by atoms with E-state index in [4.69, 9.17) is 5.11 Å². The monoisotopic (exact) mass is 300 g/mol. The van der Waals surface area contributed by atoms with Gasteiger partial charge in [0, 0.05) is 19.5 Å². The number of urea groups is 1. The SMILES string of the molecule is CCCC1CCN(C(=O)N[C@@H](CCC(=O)OC)C(=O)O)C1. The van der Waals surface area contributed by atoms with E-state index >= 15 is 0 Å². The van der Waals surface area contributed by atoms with Crippen LogP contribution in [0.3, 0.4) is 0 Å². The van der Waals surface area contributed by atoms with Crippen molar-refractivity contribution in [2.45, 2.75) is 45.1 Å². The molecular weight excluding hydrogens is 276 g/mol. The number of rotatable bonds is 7. The number of hydrogen-bond acceptors (Lipinski definition) is 4. The Morgan fingerprint density at radius 2 is 2.14 bits per heavy atom. The second-order valence-corrected chi connectivity index (χ2v) is 5.34. The average Bonchev–Trinajstić information content (AvgIpc) is 2.91. The molecule has 1 heterocycles. The van der Waals surface area contributed by atoms with E-state index in [1.54, 1.807) is 4.90 Å². The predicted octanol–water partition coefficient (Wildman–Crippen LogP) is 1.22. The summed E-state index contributed by atoms with van der Waals surface area (Å²) in [5, 5.41) is 11.6. The third-order valence-electron chi connectivity index (χ3n) is 3.73. The van der Waals surface area contributed by atoms with Crippen molar-refractivity contribution in [3.8, 4) is 0 Å². The first-order valence-corrected chi connectivity index (χ1v) is 7.33. The zero-order valence-electron chi connectivity index (χ0n) is 12.6. The van der Waals surface area contributed by atoms with E-state index in [9.17, 15) is 14.4 Å². The van der Waals surface area contributed by atoms with Gasteiger partial charge >= 0.3 is 18.0 Å². The second-order valence-electron chi connectivity index (χ2n) is 5.34. The maximum atomic E-state index is 12.1. The number of ether oxygens (including phenoxy) is 1. The van der Waals surface area contributed by atoms with Crippen molar-refractivity contribution in [3.05, 3.63) is 0 Å². The van der Waals surface area contributed by atoms with E-state index in [-0.39, 0.29) is 18.9 Å². The Morgan fingerprint density at radius 3 is 2.71 bits per heavy atom. The van der Waals surface area contributed by atoms with Crippen LogP contribution in [0.1, 0.15) is 39.0 Å². The van der Waals surface area contributed by atoms with Gasteiger partial charge in [-0.2, -0.15) is 0 Å². The fraction of sp³-hybridized carbons (Fsp3) is 0.786. The van der Waals surface area contributed by atoms with Crippen molar-refractivity contribution >= 4 is 18.0 Å². The van der Waals surface area contributed by atoms with Crippen molar-refractivity contribution in [3.63, 3.8) is 0 Å². The standard InChI is InChI=1S/C14H24N2O5/c1-3-4-10-7-8-16(9-10)14(20)15-11(13(18)19)5-6-12(17)21-2/h10-11H,3-9H2,1-2H3,(H,15,20)(H,18,19)/t10?,11-/m0/s1. The molecule has 0 bridgehead atoms. The lowest BCUT2D eigenvalue weighted by Crippen LogP contribution is -2.47. The van der Waals surface area contributed by atoms with Gasteiger partial charge < -0.3 is 20.1 Å². The molecule has 7 nitrogen and oxygen atoms in total. The molecule has 0 aromatic heterocycles. The summed E-state index contributed by atoms with van der Waals surface area (Å²) in [5.74, 6) is -1.13. The Labute approximate surface area is 124 Å². The molecule has 0 aromatic rings. The first kappa shape index (κ1) is 17.3. The third kappa shape index (κ3) is 5.61. The summed E-state index contributed by atoms with van der Waals surface area (Å²) in [6.07, 6.45) is 3.11. The summed E-state index contributed by atoms with van der Waals surface area (Å²) >= 11 is 0. The highest BCUT2D eigenvalue weighted by Crippen LogP contribution is 2.20. The van der Waals surface area contributed by atoms with Gasteiger partial charge in [0.2, 0.25) is 0 Å². The molecule has 0 saturated carbocycles. The van der Waals surface area contributed by atoms with Crippen molar-refractivity contribution in [2.75, 3.05) is 20.2 Å². The number of esters is 1. The second kappa shape index (κ2) is 8.49.